The molecule has 5 nitrogen and oxygen atoms in total. The molecule has 1 aliphatic heterocycles. The number of nitrogens with zero attached hydrogens (tertiary/aromatic N) is 3. The summed E-state index contributed by atoms with van der Waals surface area (Å²) in [7, 11) is 1.95. The molecule has 1 fully saturated rings. The summed E-state index contributed by atoms with van der Waals surface area (Å²) in [5.41, 5.74) is 6.96. The summed E-state index contributed by atoms with van der Waals surface area (Å²) in [6.07, 6.45) is 5.52. The Kier molecular flexibility index (Phi) is 4.15. The Bertz CT molecular complexity index is 352. The van der Waals surface area contributed by atoms with Gasteiger partial charge in [0.2, 0.25) is 0 Å². The minimum Gasteiger partial charge on any atom is -0.371 e. The van der Waals surface area contributed by atoms with E-state index in [9.17, 15) is 0 Å². The number of hydrogen-bond acceptors (Lipinski definition) is 4. The second-order valence-electron chi connectivity index (χ2n) is 4.84. The van der Waals surface area contributed by atoms with Crippen LogP contribution in [0.5, 0.6) is 0 Å². The zero-order chi connectivity index (χ0) is 12.3. The van der Waals surface area contributed by atoms with Crippen LogP contribution in [0.1, 0.15) is 12.5 Å². The highest BCUT2D eigenvalue weighted by Gasteiger charge is 2.23. The van der Waals surface area contributed by atoms with Crippen molar-refractivity contribution >= 4 is 0 Å². The minimum absolute atomic E-state index is 0.188. The molecular formula is C12H22N4O. The lowest BCUT2D eigenvalue weighted by molar-refractivity contribution is -0.0716. The maximum Gasteiger partial charge on any atom is 0.0828 e. The molecule has 0 spiro atoms. The number of nitrogens with two attached hydrogens (primary N) is 1. The van der Waals surface area contributed by atoms with Crippen LogP contribution >= 0.6 is 0 Å². The van der Waals surface area contributed by atoms with Crippen LogP contribution in [0.3, 0.4) is 0 Å². The Balaban J connectivity index is 1.82. The fourth-order valence-electron chi connectivity index (χ4n) is 2.34. The maximum atomic E-state index is 5.74. The molecule has 96 valence electrons. The summed E-state index contributed by atoms with van der Waals surface area (Å²) in [6.45, 7) is 5.71. The fourth-order valence-corrected chi connectivity index (χ4v) is 2.34. The van der Waals surface area contributed by atoms with Crippen molar-refractivity contribution in [3.63, 3.8) is 0 Å². The summed E-state index contributed by atoms with van der Waals surface area (Å²) < 4.78 is 7.59. The van der Waals surface area contributed by atoms with Gasteiger partial charge in [-0.15, -0.1) is 0 Å². The van der Waals surface area contributed by atoms with Gasteiger partial charge in [-0.25, -0.2) is 0 Å². The molecule has 0 amide bonds. The molecule has 0 aromatic carbocycles. The lowest BCUT2D eigenvalue weighted by atomic mass is 10.2. The summed E-state index contributed by atoms with van der Waals surface area (Å²) in [5.74, 6) is 0. The van der Waals surface area contributed by atoms with Gasteiger partial charge in [-0.05, 0) is 18.9 Å². The summed E-state index contributed by atoms with van der Waals surface area (Å²) in [4.78, 5) is 2.43. The van der Waals surface area contributed by atoms with Crippen LogP contribution in [0.15, 0.2) is 12.4 Å². The smallest absolute Gasteiger partial charge is 0.0828 e. The quantitative estimate of drug-likeness (QED) is 0.803. The molecule has 2 heterocycles. The van der Waals surface area contributed by atoms with Crippen molar-refractivity contribution in [2.24, 2.45) is 12.8 Å². The Labute approximate surface area is 103 Å². The van der Waals surface area contributed by atoms with Crippen LogP contribution in [-0.2, 0) is 18.2 Å². The highest BCUT2D eigenvalue weighted by molar-refractivity contribution is 5.04. The van der Waals surface area contributed by atoms with E-state index < -0.39 is 0 Å². The van der Waals surface area contributed by atoms with E-state index in [1.54, 1.807) is 0 Å². The average Bonchev–Trinajstić information content (AvgIpc) is 2.72. The Hall–Kier alpha value is -0.910. The molecule has 0 bridgehead atoms. The van der Waals surface area contributed by atoms with Gasteiger partial charge >= 0.3 is 0 Å². The molecule has 0 aliphatic carbocycles. The van der Waals surface area contributed by atoms with Crippen molar-refractivity contribution in [1.29, 1.82) is 0 Å². The Morgan fingerprint density at radius 2 is 2.35 bits per heavy atom. The third-order valence-corrected chi connectivity index (χ3v) is 3.14. The monoisotopic (exact) mass is 238 g/mol. The lowest BCUT2D eigenvalue weighted by Crippen LogP contribution is -2.49. The van der Waals surface area contributed by atoms with Crippen molar-refractivity contribution in [3.05, 3.63) is 18.0 Å². The van der Waals surface area contributed by atoms with Crippen molar-refractivity contribution in [1.82, 2.24) is 14.7 Å². The molecular weight excluding hydrogens is 216 g/mol. The zero-order valence-corrected chi connectivity index (χ0v) is 10.7. The normalized spacial score (nSPS) is 26.3. The van der Waals surface area contributed by atoms with E-state index in [1.165, 1.54) is 5.56 Å². The molecule has 5 heteroatoms. The standard InChI is InChI=1S/C12H22N4O/c1-10-7-16(9-12(5-13)17-10)4-3-11-6-14-15(2)8-11/h6,8,10,12H,3-5,7,9,13H2,1-2H3. The molecule has 1 saturated heterocycles. The predicted octanol–water partition coefficient (Wildman–Crippen LogP) is 0.0106. The fraction of sp³-hybridized carbons (Fsp3) is 0.750. The van der Waals surface area contributed by atoms with Gasteiger partial charge in [-0.3, -0.25) is 9.58 Å². The van der Waals surface area contributed by atoms with Gasteiger partial charge in [-0.1, -0.05) is 0 Å². The Morgan fingerprint density at radius 1 is 1.53 bits per heavy atom. The van der Waals surface area contributed by atoms with Crippen LogP contribution in [0.4, 0.5) is 0 Å². The first kappa shape index (κ1) is 12.5. The van der Waals surface area contributed by atoms with Gasteiger partial charge in [0.15, 0.2) is 0 Å². The predicted molar refractivity (Wildman–Crippen MR) is 66.7 cm³/mol. The van der Waals surface area contributed by atoms with Crippen molar-refractivity contribution in [2.75, 3.05) is 26.2 Å². The number of morpholine rings is 1. The zero-order valence-electron chi connectivity index (χ0n) is 10.7. The van der Waals surface area contributed by atoms with Gasteiger partial charge < -0.3 is 10.5 Å². The molecule has 1 aliphatic rings. The highest BCUT2D eigenvalue weighted by Crippen LogP contribution is 2.11. The highest BCUT2D eigenvalue weighted by atomic mass is 16.5. The SMILES string of the molecule is CC1CN(CCc2cnn(C)c2)CC(CN)O1. The first-order valence-corrected chi connectivity index (χ1v) is 6.22. The first-order chi connectivity index (χ1) is 8.17. The number of hydrogen-bond donors (Lipinski definition) is 1. The van der Waals surface area contributed by atoms with E-state index in [2.05, 4.69) is 23.1 Å². The van der Waals surface area contributed by atoms with Crippen molar-refractivity contribution in [2.45, 2.75) is 25.6 Å². The summed E-state index contributed by atoms with van der Waals surface area (Å²) >= 11 is 0. The van der Waals surface area contributed by atoms with Gasteiger partial charge in [0.25, 0.3) is 0 Å². The number of rotatable bonds is 4. The topological polar surface area (TPSA) is 56.3 Å². The van der Waals surface area contributed by atoms with Crippen LogP contribution in [0.25, 0.3) is 0 Å². The van der Waals surface area contributed by atoms with E-state index in [0.29, 0.717) is 6.54 Å². The largest absolute Gasteiger partial charge is 0.371 e. The van der Waals surface area contributed by atoms with E-state index in [1.807, 2.05) is 17.9 Å². The Morgan fingerprint density at radius 3 is 3.00 bits per heavy atom. The van der Waals surface area contributed by atoms with E-state index in [-0.39, 0.29) is 12.2 Å². The second kappa shape index (κ2) is 5.62. The molecule has 17 heavy (non-hydrogen) atoms. The summed E-state index contributed by atoms with van der Waals surface area (Å²) in [5, 5.41) is 4.18. The second-order valence-corrected chi connectivity index (χ2v) is 4.84. The van der Waals surface area contributed by atoms with Gasteiger partial charge in [0.1, 0.15) is 0 Å². The molecule has 2 N–H and O–H groups in total. The van der Waals surface area contributed by atoms with E-state index in [4.69, 9.17) is 10.5 Å². The number of ether oxygens (including phenoxy) is 1. The van der Waals surface area contributed by atoms with Crippen molar-refractivity contribution < 1.29 is 4.74 Å². The molecule has 0 saturated carbocycles. The van der Waals surface area contributed by atoms with Gasteiger partial charge in [0, 0.05) is 39.4 Å². The van der Waals surface area contributed by atoms with Crippen LogP contribution < -0.4 is 5.73 Å². The third kappa shape index (κ3) is 3.52. The van der Waals surface area contributed by atoms with Gasteiger partial charge in [-0.2, -0.15) is 5.10 Å². The molecule has 1 aromatic heterocycles. The maximum absolute atomic E-state index is 5.74. The van der Waals surface area contributed by atoms with Crippen LogP contribution in [0.2, 0.25) is 0 Å². The van der Waals surface area contributed by atoms with Crippen LogP contribution in [-0.4, -0.2) is 53.1 Å². The van der Waals surface area contributed by atoms with Crippen LogP contribution in [0, 0.1) is 0 Å². The molecule has 2 atom stereocenters. The molecule has 1 aromatic rings. The number of aromatic nitrogens is 2. The minimum atomic E-state index is 0.188. The summed E-state index contributed by atoms with van der Waals surface area (Å²) in [6, 6.07) is 0. The van der Waals surface area contributed by atoms with Crippen molar-refractivity contribution in [3.8, 4) is 0 Å². The first-order valence-electron chi connectivity index (χ1n) is 6.22. The average molecular weight is 238 g/mol. The third-order valence-electron chi connectivity index (χ3n) is 3.14. The van der Waals surface area contributed by atoms with E-state index >= 15 is 0 Å². The molecule has 2 rings (SSSR count). The lowest BCUT2D eigenvalue weighted by Gasteiger charge is -2.36. The van der Waals surface area contributed by atoms with E-state index in [0.717, 1.165) is 26.1 Å². The van der Waals surface area contributed by atoms with Gasteiger partial charge in [0.05, 0.1) is 18.4 Å². The number of aryl methyl sites for hydroxylation is 1. The molecule has 0 radical (unpaired) electrons. The molecule has 2 unspecified atom stereocenters.